The van der Waals surface area contributed by atoms with E-state index >= 15 is 0 Å². The van der Waals surface area contributed by atoms with Crippen LogP contribution in [0.3, 0.4) is 0 Å². The Bertz CT molecular complexity index is 429. The SMILES string of the molecule is N#Cc1c(Cl)cncc1C[SH](=O)=O. The van der Waals surface area contributed by atoms with Gasteiger partial charge in [-0.15, -0.1) is 0 Å². The first-order valence-electron chi connectivity index (χ1n) is 3.29. The maximum atomic E-state index is 10.4. The average Bonchev–Trinajstić information content (AvgIpc) is 2.03. The van der Waals surface area contributed by atoms with E-state index in [9.17, 15) is 8.42 Å². The van der Waals surface area contributed by atoms with Gasteiger partial charge in [0.1, 0.15) is 16.8 Å². The van der Waals surface area contributed by atoms with Gasteiger partial charge < -0.3 is 0 Å². The molecule has 6 heteroatoms. The number of pyridine rings is 1. The molecular formula is C7H5ClN2O2S. The Morgan fingerprint density at radius 3 is 2.77 bits per heavy atom. The summed E-state index contributed by atoms with van der Waals surface area (Å²) in [6, 6.07) is 1.83. The van der Waals surface area contributed by atoms with E-state index in [2.05, 4.69) is 4.98 Å². The molecule has 0 aliphatic rings. The van der Waals surface area contributed by atoms with Gasteiger partial charge in [0.2, 0.25) is 0 Å². The second-order valence-electron chi connectivity index (χ2n) is 2.26. The number of nitriles is 1. The Kier molecular flexibility index (Phi) is 3.23. The largest absolute Gasteiger partial charge is 0.263 e. The standard InChI is InChI=1S/C7H5ClN2O2S/c8-7-3-10-2-5(4-13(11)12)6(7)1-9/h2-3,13H,4H2. The maximum Gasteiger partial charge on any atom is 0.144 e. The fraction of sp³-hybridized carbons (Fsp3) is 0.143. The van der Waals surface area contributed by atoms with Crippen LogP contribution in [-0.4, -0.2) is 13.4 Å². The molecule has 0 N–H and O–H groups in total. The zero-order valence-electron chi connectivity index (χ0n) is 6.40. The van der Waals surface area contributed by atoms with Crippen LogP contribution in [0.2, 0.25) is 5.02 Å². The predicted octanol–water partition coefficient (Wildman–Crippen LogP) is 0.718. The van der Waals surface area contributed by atoms with E-state index in [1.807, 2.05) is 6.07 Å². The molecule has 1 aromatic heterocycles. The van der Waals surface area contributed by atoms with E-state index in [-0.39, 0.29) is 16.3 Å². The van der Waals surface area contributed by atoms with Crippen molar-refractivity contribution in [2.24, 2.45) is 0 Å². The number of aromatic nitrogens is 1. The van der Waals surface area contributed by atoms with E-state index in [1.54, 1.807) is 0 Å². The van der Waals surface area contributed by atoms with Crippen molar-refractivity contribution in [2.75, 3.05) is 0 Å². The molecule has 0 saturated heterocycles. The highest BCUT2D eigenvalue weighted by Gasteiger charge is 2.07. The lowest BCUT2D eigenvalue weighted by Gasteiger charge is -1.99. The van der Waals surface area contributed by atoms with E-state index in [0.29, 0.717) is 5.56 Å². The van der Waals surface area contributed by atoms with Crippen LogP contribution < -0.4 is 0 Å². The molecule has 0 fully saturated rings. The first-order chi connectivity index (χ1) is 6.15. The summed E-state index contributed by atoms with van der Waals surface area (Å²) in [5.74, 6) is -0.203. The van der Waals surface area contributed by atoms with Crippen molar-refractivity contribution in [2.45, 2.75) is 5.75 Å². The van der Waals surface area contributed by atoms with E-state index in [1.165, 1.54) is 12.4 Å². The Labute approximate surface area is 81.7 Å². The Hall–Kier alpha value is -1.12. The molecule has 1 heterocycles. The van der Waals surface area contributed by atoms with Crippen molar-refractivity contribution in [3.63, 3.8) is 0 Å². The third kappa shape index (κ3) is 2.41. The average molecular weight is 217 g/mol. The molecule has 0 spiro atoms. The van der Waals surface area contributed by atoms with Gasteiger partial charge in [0.25, 0.3) is 0 Å². The number of hydrogen-bond acceptors (Lipinski definition) is 4. The van der Waals surface area contributed by atoms with Crippen LogP contribution in [0, 0.1) is 11.3 Å². The summed E-state index contributed by atoms with van der Waals surface area (Å²) in [7, 11) is -2.56. The van der Waals surface area contributed by atoms with Crippen molar-refractivity contribution in [1.82, 2.24) is 4.98 Å². The smallest absolute Gasteiger partial charge is 0.144 e. The minimum atomic E-state index is -2.56. The molecule has 4 nitrogen and oxygen atoms in total. The van der Waals surface area contributed by atoms with Crippen LogP contribution in [-0.2, 0) is 16.5 Å². The predicted molar refractivity (Wildman–Crippen MR) is 48.0 cm³/mol. The van der Waals surface area contributed by atoms with E-state index in [0.717, 1.165) is 0 Å². The van der Waals surface area contributed by atoms with Gasteiger partial charge in [0.15, 0.2) is 0 Å². The highest BCUT2D eigenvalue weighted by Crippen LogP contribution is 2.17. The van der Waals surface area contributed by atoms with Crippen LogP contribution in [0.1, 0.15) is 11.1 Å². The van der Waals surface area contributed by atoms with Gasteiger partial charge in [-0.25, -0.2) is 8.42 Å². The lowest BCUT2D eigenvalue weighted by atomic mass is 10.2. The molecule has 1 aromatic rings. The highest BCUT2D eigenvalue weighted by molar-refractivity contribution is 7.71. The maximum absolute atomic E-state index is 10.4. The van der Waals surface area contributed by atoms with Crippen LogP contribution in [0.4, 0.5) is 0 Å². The zero-order valence-corrected chi connectivity index (χ0v) is 8.05. The molecule has 0 unspecified atom stereocenters. The van der Waals surface area contributed by atoms with Crippen molar-refractivity contribution in [3.8, 4) is 6.07 Å². The minimum Gasteiger partial charge on any atom is -0.263 e. The number of thiol groups is 1. The van der Waals surface area contributed by atoms with E-state index < -0.39 is 10.7 Å². The molecule has 0 radical (unpaired) electrons. The van der Waals surface area contributed by atoms with Crippen molar-refractivity contribution in [3.05, 3.63) is 28.5 Å². The molecule has 13 heavy (non-hydrogen) atoms. The molecule has 0 atom stereocenters. The third-order valence-electron chi connectivity index (χ3n) is 1.39. The first kappa shape index (κ1) is 9.96. The second-order valence-corrected chi connectivity index (χ2v) is 3.65. The van der Waals surface area contributed by atoms with Gasteiger partial charge in [0.05, 0.1) is 16.3 Å². The van der Waals surface area contributed by atoms with Gasteiger partial charge >= 0.3 is 0 Å². The van der Waals surface area contributed by atoms with Gasteiger partial charge in [-0.05, 0) is 0 Å². The fourth-order valence-corrected chi connectivity index (χ4v) is 1.60. The Morgan fingerprint density at radius 1 is 1.54 bits per heavy atom. The van der Waals surface area contributed by atoms with Gasteiger partial charge in [-0.2, -0.15) is 5.26 Å². The van der Waals surface area contributed by atoms with Crippen molar-refractivity contribution >= 4 is 22.3 Å². The topological polar surface area (TPSA) is 70.8 Å². The van der Waals surface area contributed by atoms with Crippen molar-refractivity contribution in [1.29, 1.82) is 5.26 Å². The lowest BCUT2D eigenvalue weighted by Crippen LogP contribution is -1.94. The first-order valence-corrected chi connectivity index (χ1v) is 5.03. The molecule has 0 amide bonds. The number of hydrogen-bond donors (Lipinski definition) is 1. The van der Waals surface area contributed by atoms with Crippen LogP contribution in [0.15, 0.2) is 12.4 Å². The summed E-state index contributed by atoms with van der Waals surface area (Å²) in [6.07, 6.45) is 2.64. The second kappa shape index (κ2) is 4.21. The monoisotopic (exact) mass is 216 g/mol. The minimum absolute atomic E-state index is 0.177. The number of nitrogens with zero attached hydrogens (tertiary/aromatic N) is 2. The van der Waals surface area contributed by atoms with Crippen LogP contribution >= 0.6 is 11.6 Å². The Balaban J connectivity index is 3.22. The summed E-state index contributed by atoms with van der Waals surface area (Å²) in [5.41, 5.74) is 0.516. The van der Waals surface area contributed by atoms with Crippen LogP contribution in [0.25, 0.3) is 0 Å². The van der Waals surface area contributed by atoms with Gasteiger partial charge in [-0.3, -0.25) is 4.98 Å². The lowest BCUT2D eigenvalue weighted by molar-refractivity contribution is 0.614. The summed E-state index contributed by atoms with van der Waals surface area (Å²) in [4.78, 5) is 3.70. The number of rotatable bonds is 2. The van der Waals surface area contributed by atoms with Crippen molar-refractivity contribution < 1.29 is 8.42 Å². The quantitative estimate of drug-likeness (QED) is 0.740. The molecular weight excluding hydrogens is 212 g/mol. The van der Waals surface area contributed by atoms with Crippen LogP contribution in [0.5, 0.6) is 0 Å². The summed E-state index contributed by atoms with van der Waals surface area (Å²) < 4.78 is 20.8. The van der Waals surface area contributed by atoms with Gasteiger partial charge in [-0.1, -0.05) is 11.6 Å². The van der Waals surface area contributed by atoms with E-state index in [4.69, 9.17) is 16.9 Å². The molecule has 0 saturated carbocycles. The van der Waals surface area contributed by atoms with Gasteiger partial charge in [0, 0.05) is 18.0 Å². The third-order valence-corrected chi connectivity index (χ3v) is 2.27. The molecule has 68 valence electrons. The Morgan fingerprint density at radius 2 is 2.23 bits per heavy atom. The normalized spacial score (nSPS) is 9.92. The molecule has 0 aromatic carbocycles. The summed E-state index contributed by atoms with van der Waals surface area (Å²) in [6.45, 7) is 0. The highest BCUT2D eigenvalue weighted by atomic mass is 35.5. The summed E-state index contributed by atoms with van der Waals surface area (Å²) >= 11 is 5.63. The number of halogens is 1. The molecule has 0 aliphatic carbocycles. The fourth-order valence-electron chi connectivity index (χ4n) is 0.859. The molecule has 0 bridgehead atoms. The zero-order chi connectivity index (χ0) is 9.84. The molecule has 0 aliphatic heterocycles. The summed E-state index contributed by atoms with van der Waals surface area (Å²) in [5, 5.41) is 8.83. The molecule has 1 rings (SSSR count).